The Bertz CT molecular complexity index is 604. The van der Waals surface area contributed by atoms with E-state index >= 15 is 0 Å². The van der Waals surface area contributed by atoms with Gasteiger partial charge in [-0.15, -0.1) is 0 Å². The number of halogens is 1. The Kier molecular flexibility index (Phi) is 3.97. The van der Waals surface area contributed by atoms with Crippen molar-refractivity contribution in [2.75, 3.05) is 5.32 Å². The number of nitro groups is 1. The molecule has 98 valence electrons. The number of nitrogens with one attached hydrogen (secondary N) is 1. The molecule has 0 radical (unpaired) electrons. The number of hydrogen-bond donors (Lipinski definition) is 1. The molecular formula is C13H12ClN3O2. The summed E-state index contributed by atoms with van der Waals surface area (Å²) in [5.41, 5.74) is 0.811. The highest BCUT2D eigenvalue weighted by molar-refractivity contribution is 6.31. The van der Waals surface area contributed by atoms with Crippen molar-refractivity contribution in [1.82, 2.24) is 4.98 Å². The van der Waals surface area contributed by atoms with E-state index in [0.29, 0.717) is 5.02 Å². The van der Waals surface area contributed by atoms with E-state index in [9.17, 15) is 10.1 Å². The molecule has 1 heterocycles. The van der Waals surface area contributed by atoms with Gasteiger partial charge in [0.15, 0.2) is 0 Å². The quantitative estimate of drug-likeness (QED) is 0.681. The van der Waals surface area contributed by atoms with Crippen molar-refractivity contribution in [3.05, 3.63) is 63.3 Å². The van der Waals surface area contributed by atoms with Crippen molar-refractivity contribution in [2.45, 2.75) is 13.0 Å². The fraction of sp³-hybridized carbons (Fsp3) is 0.154. The molecule has 0 unspecified atom stereocenters. The van der Waals surface area contributed by atoms with E-state index in [0.717, 1.165) is 5.56 Å². The zero-order chi connectivity index (χ0) is 13.8. The van der Waals surface area contributed by atoms with Crippen LogP contribution in [0.2, 0.25) is 5.02 Å². The van der Waals surface area contributed by atoms with Crippen molar-refractivity contribution in [3.63, 3.8) is 0 Å². The zero-order valence-corrected chi connectivity index (χ0v) is 11.0. The van der Waals surface area contributed by atoms with Crippen LogP contribution < -0.4 is 5.32 Å². The average Bonchev–Trinajstić information content (AvgIpc) is 2.39. The molecule has 2 rings (SSSR count). The van der Waals surface area contributed by atoms with E-state index in [4.69, 9.17) is 11.6 Å². The topological polar surface area (TPSA) is 68.1 Å². The first kappa shape index (κ1) is 13.3. The third-order valence-corrected chi connectivity index (χ3v) is 3.05. The van der Waals surface area contributed by atoms with Gasteiger partial charge < -0.3 is 5.32 Å². The summed E-state index contributed by atoms with van der Waals surface area (Å²) in [5, 5.41) is 14.5. The summed E-state index contributed by atoms with van der Waals surface area (Å²) in [5.74, 6) is 0.236. The summed E-state index contributed by atoms with van der Waals surface area (Å²) in [6.45, 7) is 1.87. The molecule has 19 heavy (non-hydrogen) atoms. The van der Waals surface area contributed by atoms with Crippen molar-refractivity contribution < 1.29 is 4.92 Å². The van der Waals surface area contributed by atoms with Crippen LogP contribution in [-0.4, -0.2) is 9.91 Å². The van der Waals surface area contributed by atoms with E-state index in [1.165, 1.54) is 18.3 Å². The Labute approximate surface area is 115 Å². The van der Waals surface area contributed by atoms with Crippen LogP contribution in [0.4, 0.5) is 11.5 Å². The van der Waals surface area contributed by atoms with Crippen molar-refractivity contribution in [1.29, 1.82) is 0 Å². The van der Waals surface area contributed by atoms with Crippen LogP contribution in [0.3, 0.4) is 0 Å². The fourth-order valence-electron chi connectivity index (χ4n) is 1.76. The second-order valence-electron chi connectivity index (χ2n) is 4.02. The van der Waals surface area contributed by atoms with Gasteiger partial charge in [-0.1, -0.05) is 29.8 Å². The van der Waals surface area contributed by atoms with Gasteiger partial charge in [-0.2, -0.15) is 0 Å². The molecule has 0 saturated carbocycles. The maximum Gasteiger partial charge on any atom is 0.311 e. The Morgan fingerprint density at radius 2 is 2.05 bits per heavy atom. The highest BCUT2D eigenvalue weighted by Gasteiger charge is 2.17. The van der Waals surface area contributed by atoms with E-state index < -0.39 is 4.92 Å². The summed E-state index contributed by atoms with van der Waals surface area (Å²) < 4.78 is 0. The maximum absolute atomic E-state index is 10.9. The number of anilines is 1. The third kappa shape index (κ3) is 3.00. The zero-order valence-electron chi connectivity index (χ0n) is 10.2. The molecule has 0 aliphatic carbocycles. The molecule has 2 aromatic rings. The monoisotopic (exact) mass is 277 g/mol. The van der Waals surface area contributed by atoms with Crippen LogP contribution in [0.15, 0.2) is 42.6 Å². The normalized spacial score (nSPS) is 11.9. The number of pyridine rings is 1. The van der Waals surface area contributed by atoms with Gasteiger partial charge in [-0.3, -0.25) is 10.1 Å². The largest absolute Gasteiger partial charge is 0.358 e. The minimum Gasteiger partial charge on any atom is -0.358 e. The van der Waals surface area contributed by atoms with Gasteiger partial charge >= 0.3 is 5.69 Å². The molecule has 0 fully saturated rings. The van der Waals surface area contributed by atoms with Gasteiger partial charge in [0.05, 0.1) is 11.0 Å². The van der Waals surface area contributed by atoms with Crippen LogP contribution in [0.5, 0.6) is 0 Å². The Morgan fingerprint density at radius 3 is 2.74 bits per heavy atom. The molecule has 0 aliphatic rings. The lowest BCUT2D eigenvalue weighted by molar-refractivity contribution is -0.384. The minimum atomic E-state index is -0.464. The van der Waals surface area contributed by atoms with Crippen molar-refractivity contribution in [2.24, 2.45) is 0 Å². The van der Waals surface area contributed by atoms with Crippen LogP contribution in [0.25, 0.3) is 0 Å². The van der Waals surface area contributed by atoms with E-state index in [-0.39, 0.29) is 17.5 Å². The second kappa shape index (κ2) is 5.67. The number of nitrogens with zero attached hydrogens (tertiary/aromatic N) is 2. The molecule has 0 bridgehead atoms. The lowest BCUT2D eigenvalue weighted by Gasteiger charge is -2.15. The number of rotatable bonds is 4. The number of hydrogen-bond acceptors (Lipinski definition) is 4. The minimum absolute atomic E-state index is 0.0543. The number of aromatic nitrogens is 1. The molecule has 6 heteroatoms. The average molecular weight is 278 g/mol. The van der Waals surface area contributed by atoms with E-state index in [1.54, 1.807) is 6.07 Å². The first-order valence-corrected chi connectivity index (χ1v) is 6.07. The van der Waals surface area contributed by atoms with E-state index in [2.05, 4.69) is 10.3 Å². The molecular weight excluding hydrogens is 266 g/mol. The van der Waals surface area contributed by atoms with Crippen molar-refractivity contribution >= 4 is 23.1 Å². The second-order valence-corrected chi connectivity index (χ2v) is 4.42. The molecule has 5 nitrogen and oxygen atoms in total. The third-order valence-electron chi connectivity index (χ3n) is 2.71. The van der Waals surface area contributed by atoms with Crippen LogP contribution in [0.1, 0.15) is 18.5 Å². The van der Waals surface area contributed by atoms with Crippen molar-refractivity contribution in [3.8, 4) is 0 Å². The highest BCUT2D eigenvalue weighted by Crippen LogP contribution is 2.28. The van der Waals surface area contributed by atoms with E-state index in [1.807, 2.05) is 25.1 Å². The Morgan fingerprint density at radius 1 is 1.32 bits per heavy atom. The highest BCUT2D eigenvalue weighted by atomic mass is 35.5. The first-order chi connectivity index (χ1) is 9.09. The molecule has 0 aliphatic heterocycles. The van der Waals surface area contributed by atoms with Gasteiger partial charge in [0.1, 0.15) is 0 Å². The smallest absolute Gasteiger partial charge is 0.311 e. The predicted octanol–water partition coefficient (Wildman–Crippen LogP) is 3.82. The summed E-state index contributed by atoms with van der Waals surface area (Å²) >= 11 is 6.09. The number of benzene rings is 1. The van der Waals surface area contributed by atoms with Gasteiger partial charge in [-0.05, 0) is 24.6 Å². The molecule has 1 N–H and O–H groups in total. The summed E-state index contributed by atoms with van der Waals surface area (Å²) in [4.78, 5) is 14.4. The Balaban J connectivity index is 2.27. The molecule has 1 aromatic carbocycles. The predicted molar refractivity (Wildman–Crippen MR) is 74.4 cm³/mol. The molecule has 1 aromatic heterocycles. The van der Waals surface area contributed by atoms with Gasteiger partial charge in [0, 0.05) is 17.3 Å². The Hall–Kier alpha value is -2.14. The molecule has 0 amide bonds. The summed E-state index contributed by atoms with van der Waals surface area (Å²) in [7, 11) is 0. The lowest BCUT2D eigenvalue weighted by Crippen LogP contribution is -2.10. The van der Waals surface area contributed by atoms with Gasteiger partial charge in [0.25, 0.3) is 0 Å². The first-order valence-electron chi connectivity index (χ1n) is 5.70. The van der Waals surface area contributed by atoms with Gasteiger partial charge in [-0.25, -0.2) is 4.98 Å². The molecule has 1 atom stereocenters. The molecule has 0 saturated heterocycles. The van der Waals surface area contributed by atoms with Crippen LogP contribution >= 0.6 is 11.6 Å². The van der Waals surface area contributed by atoms with Gasteiger partial charge in [0.2, 0.25) is 5.82 Å². The van der Waals surface area contributed by atoms with Crippen LogP contribution in [-0.2, 0) is 0 Å². The van der Waals surface area contributed by atoms with Crippen LogP contribution in [0, 0.1) is 10.1 Å². The summed E-state index contributed by atoms with van der Waals surface area (Å²) in [6, 6.07) is 10.1. The lowest BCUT2D eigenvalue weighted by atomic mass is 10.1. The standard InChI is InChI=1S/C13H12ClN3O2/c1-9(10-5-2-3-6-11(10)14)16-13-12(17(18)19)7-4-8-15-13/h2-9H,1H3,(H,15,16)/t9-/m1/s1. The SMILES string of the molecule is C[C@@H](Nc1ncccc1[N+](=O)[O-])c1ccccc1Cl. The maximum atomic E-state index is 10.9. The summed E-state index contributed by atoms with van der Waals surface area (Å²) in [6.07, 6.45) is 1.51. The molecule has 0 spiro atoms. The fourth-order valence-corrected chi connectivity index (χ4v) is 2.06.